The highest BCUT2D eigenvalue weighted by Crippen LogP contribution is 2.23. The van der Waals surface area contributed by atoms with Crippen LogP contribution in [0.4, 0.5) is 5.82 Å². The fraction of sp³-hybridized carbons (Fsp3) is 0.231. The van der Waals surface area contributed by atoms with Gasteiger partial charge in [0.2, 0.25) is 0 Å². The van der Waals surface area contributed by atoms with Crippen molar-refractivity contribution in [2.45, 2.75) is 5.03 Å². The standard InChI is InChI=1S/C13H15N3OS/c1-14-11-9-12(18-8-7-17)16-13(15-11)10-5-3-2-4-6-10/h2-6,9,17H,7-8H2,1H3,(H,14,15,16). The Labute approximate surface area is 110 Å². The maximum Gasteiger partial charge on any atom is 0.162 e. The average molecular weight is 261 g/mol. The summed E-state index contributed by atoms with van der Waals surface area (Å²) in [4.78, 5) is 8.92. The van der Waals surface area contributed by atoms with Gasteiger partial charge in [-0.25, -0.2) is 9.97 Å². The van der Waals surface area contributed by atoms with Crippen LogP contribution < -0.4 is 5.32 Å². The van der Waals surface area contributed by atoms with Gasteiger partial charge in [-0.3, -0.25) is 0 Å². The van der Waals surface area contributed by atoms with Crippen LogP contribution in [0.3, 0.4) is 0 Å². The molecule has 0 amide bonds. The Bertz CT molecular complexity index is 505. The number of aliphatic hydroxyl groups excluding tert-OH is 1. The lowest BCUT2D eigenvalue weighted by atomic mass is 10.2. The van der Waals surface area contributed by atoms with Crippen molar-refractivity contribution in [2.24, 2.45) is 0 Å². The van der Waals surface area contributed by atoms with Crippen molar-refractivity contribution < 1.29 is 5.11 Å². The van der Waals surface area contributed by atoms with E-state index in [1.54, 1.807) is 0 Å². The number of nitrogens with one attached hydrogen (secondary N) is 1. The van der Waals surface area contributed by atoms with E-state index in [1.165, 1.54) is 11.8 Å². The second-order valence-electron chi connectivity index (χ2n) is 3.60. The van der Waals surface area contributed by atoms with Gasteiger partial charge in [0.25, 0.3) is 0 Å². The minimum Gasteiger partial charge on any atom is -0.396 e. The quantitative estimate of drug-likeness (QED) is 0.638. The van der Waals surface area contributed by atoms with Gasteiger partial charge in [0.1, 0.15) is 10.8 Å². The van der Waals surface area contributed by atoms with Crippen LogP contribution in [0.2, 0.25) is 0 Å². The molecule has 0 saturated heterocycles. The van der Waals surface area contributed by atoms with E-state index < -0.39 is 0 Å². The fourth-order valence-electron chi connectivity index (χ4n) is 1.49. The van der Waals surface area contributed by atoms with Gasteiger partial charge < -0.3 is 10.4 Å². The zero-order chi connectivity index (χ0) is 12.8. The van der Waals surface area contributed by atoms with E-state index in [2.05, 4.69) is 15.3 Å². The molecule has 2 aromatic rings. The highest BCUT2D eigenvalue weighted by atomic mass is 32.2. The van der Waals surface area contributed by atoms with Crippen molar-refractivity contribution in [3.8, 4) is 11.4 Å². The summed E-state index contributed by atoms with van der Waals surface area (Å²) in [5, 5.41) is 12.8. The first-order chi connectivity index (χ1) is 8.83. The SMILES string of the molecule is CNc1cc(SCCO)nc(-c2ccccc2)n1. The van der Waals surface area contributed by atoms with Crippen molar-refractivity contribution in [3.05, 3.63) is 36.4 Å². The van der Waals surface area contributed by atoms with Gasteiger partial charge in [-0.2, -0.15) is 0 Å². The van der Waals surface area contributed by atoms with E-state index in [0.717, 1.165) is 16.4 Å². The molecule has 2 N–H and O–H groups in total. The minimum absolute atomic E-state index is 0.143. The molecular weight excluding hydrogens is 246 g/mol. The molecule has 1 aromatic heterocycles. The van der Waals surface area contributed by atoms with E-state index in [1.807, 2.05) is 43.4 Å². The van der Waals surface area contributed by atoms with Gasteiger partial charge in [0.05, 0.1) is 6.61 Å². The van der Waals surface area contributed by atoms with Crippen LogP contribution in [0.5, 0.6) is 0 Å². The van der Waals surface area contributed by atoms with Gasteiger partial charge in [-0.15, -0.1) is 11.8 Å². The topological polar surface area (TPSA) is 58.0 Å². The second-order valence-corrected chi connectivity index (χ2v) is 4.72. The van der Waals surface area contributed by atoms with Crippen molar-refractivity contribution in [2.75, 3.05) is 24.7 Å². The van der Waals surface area contributed by atoms with Crippen molar-refractivity contribution in [1.29, 1.82) is 0 Å². The third-order valence-corrected chi connectivity index (χ3v) is 3.22. The molecule has 0 spiro atoms. The Morgan fingerprint density at radius 3 is 2.67 bits per heavy atom. The van der Waals surface area contributed by atoms with Gasteiger partial charge in [-0.1, -0.05) is 30.3 Å². The molecule has 0 radical (unpaired) electrons. The predicted octanol–water partition coefficient (Wildman–Crippen LogP) is 2.27. The van der Waals surface area contributed by atoms with E-state index in [4.69, 9.17) is 5.11 Å². The summed E-state index contributed by atoms with van der Waals surface area (Å²) in [6.45, 7) is 0.143. The highest BCUT2D eigenvalue weighted by Gasteiger charge is 2.06. The van der Waals surface area contributed by atoms with E-state index in [0.29, 0.717) is 11.6 Å². The number of hydrogen-bond acceptors (Lipinski definition) is 5. The third kappa shape index (κ3) is 3.21. The summed E-state index contributed by atoms with van der Waals surface area (Å²) in [7, 11) is 1.83. The van der Waals surface area contributed by atoms with E-state index in [9.17, 15) is 0 Å². The summed E-state index contributed by atoms with van der Waals surface area (Å²) >= 11 is 1.52. The van der Waals surface area contributed by atoms with Crippen LogP contribution in [0.25, 0.3) is 11.4 Å². The Morgan fingerprint density at radius 2 is 2.00 bits per heavy atom. The first-order valence-corrected chi connectivity index (χ1v) is 6.68. The zero-order valence-corrected chi connectivity index (χ0v) is 10.9. The van der Waals surface area contributed by atoms with Crippen LogP contribution >= 0.6 is 11.8 Å². The van der Waals surface area contributed by atoms with Crippen LogP contribution in [0.15, 0.2) is 41.4 Å². The number of aliphatic hydroxyl groups is 1. The number of thioether (sulfide) groups is 1. The highest BCUT2D eigenvalue weighted by molar-refractivity contribution is 7.99. The summed E-state index contributed by atoms with van der Waals surface area (Å²) in [5.41, 5.74) is 0.987. The molecule has 5 heteroatoms. The molecular formula is C13H15N3OS. The molecule has 94 valence electrons. The molecule has 0 saturated carbocycles. The lowest BCUT2D eigenvalue weighted by Crippen LogP contribution is -1.99. The van der Waals surface area contributed by atoms with Crippen LogP contribution in [-0.2, 0) is 0 Å². The number of rotatable bonds is 5. The summed E-state index contributed by atoms with van der Waals surface area (Å²) in [5.74, 6) is 2.11. The zero-order valence-electron chi connectivity index (χ0n) is 10.1. The maximum absolute atomic E-state index is 8.86. The molecule has 0 unspecified atom stereocenters. The smallest absolute Gasteiger partial charge is 0.162 e. The Hall–Kier alpha value is -1.59. The molecule has 0 aliphatic heterocycles. The lowest BCUT2D eigenvalue weighted by Gasteiger charge is -2.07. The van der Waals surface area contributed by atoms with Crippen LogP contribution in [0, 0.1) is 0 Å². The second kappa shape index (κ2) is 6.37. The first-order valence-electron chi connectivity index (χ1n) is 5.69. The largest absolute Gasteiger partial charge is 0.396 e. The number of aromatic nitrogens is 2. The fourth-order valence-corrected chi connectivity index (χ4v) is 2.14. The van der Waals surface area contributed by atoms with Gasteiger partial charge in [0.15, 0.2) is 5.82 Å². The number of anilines is 1. The molecule has 0 aliphatic rings. The number of nitrogens with zero attached hydrogens (tertiary/aromatic N) is 2. The molecule has 1 heterocycles. The van der Waals surface area contributed by atoms with Gasteiger partial charge in [0, 0.05) is 24.4 Å². The van der Waals surface area contributed by atoms with E-state index >= 15 is 0 Å². The van der Waals surface area contributed by atoms with Gasteiger partial charge in [-0.05, 0) is 0 Å². The number of benzene rings is 1. The molecule has 1 aromatic carbocycles. The molecule has 2 rings (SSSR count). The van der Waals surface area contributed by atoms with Crippen molar-refractivity contribution >= 4 is 17.6 Å². The van der Waals surface area contributed by atoms with Crippen LogP contribution in [0.1, 0.15) is 0 Å². The number of hydrogen-bond donors (Lipinski definition) is 2. The van der Waals surface area contributed by atoms with E-state index in [-0.39, 0.29) is 6.61 Å². The molecule has 0 bridgehead atoms. The van der Waals surface area contributed by atoms with Gasteiger partial charge >= 0.3 is 0 Å². The minimum atomic E-state index is 0.143. The average Bonchev–Trinajstić information content (AvgIpc) is 2.45. The summed E-state index contributed by atoms with van der Waals surface area (Å²) in [6.07, 6.45) is 0. The molecule has 0 fully saturated rings. The third-order valence-electron chi connectivity index (χ3n) is 2.33. The summed E-state index contributed by atoms with van der Waals surface area (Å²) < 4.78 is 0. The van der Waals surface area contributed by atoms with Crippen LogP contribution in [-0.4, -0.2) is 34.5 Å². The molecule has 0 aliphatic carbocycles. The monoisotopic (exact) mass is 261 g/mol. The summed E-state index contributed by atoms with van der Waals surface area (Å²) in [6, 6.07) is 11.7. The van der Waals surface area contributed by atoms with Crippen molar-refractivity contribution in [3.63, 3.8) is 0 Å². The van der Waals surface area contributed by atoms with Crippen molar-refractivity contribution in [1.82, 2.24) is 9.97 Å². The predicted molar refractivity (Wildman–Crippen MR) is 74.8 cm³/mol. The Balaban J connectivity index is 2.35. The molecule has 18 heavy (non-hydrogen) atoms. The first kappa shape index (κ1) is 12.9. The maximum atomic E-state index is 8.86. The molecule has 4 nitrogen and oxygen atoms in total. The Kier molecular flexibility index (Phi) is 4.55. The Morgan fingerprint density at radius 1 is 1.22 bits per heavy atom. The lowest BCUT2D eigenvalue weighted by molar-refractivity contribution is 0.322. The molecule has 0 atom stereocenters. The normalized spacial score (nSPS) is 10.3.